The first-order chi connectivity index (χ1) is 18.2. The molecule has 4 rings (SSSR count). The number of benzene rings is 2. The second kappa shape index (κ2) is 11.8. The van der Waals surface area contributed by atoms with Crippen LogP contribution in [0.2, 0.25) is 0 Å². The second-order valence-corrected chi connectivity index (χ2v) is 10.3. The average Bonchev–Trinajstić information content (AvgIpc) is 2.88. The van der Waals surface area contributed by atoms with Crippen LogP contribution in [0.4, 0.5) is 5.82 Å². The highest BCUT2D eigenvalue weighted by molar-refractivity contribution is 5.76. The van der Waals surface area contributed by atoms with E-state index in [9.17, 15) is 4.79 Å². The number of aryl methyl sites for hydroxylation is 3. The van der Waals surface area contributed by atoms with E-state index in [0.29, 0.717) is 18.3 Å². The van der Waals surface area contributed by atoms with Crippen molar-refractivity contribution < 1.29 is 14.3 Å². The number of amides is 1. The van der Waals surface area contributed by atoms with Gasteiger partial charge in [0.05, 0.1) is 24.9 Å². The van der Waals surface area contributed by atoms with Crippen LogP contribution in [0.3, 0.4) is 0 Å². The summed E-state index contributed by atoms with van der Waals surface area (Å²) in [5.41, 5.74) is 11.6. The van der Waals surface area contributed by atoms with Gasteiger partial charge in [0.1, 0.15) is 23.9 Å². The van der Waals surface area contributed by atoms with Crippen molar-refractivity contribution in [1.82, 2.24) is 14.9 Å². The molecule has 8 heteroatoms. The molecule has 1 saturated heterocycles. The van der Waals surface area contributed by atoms with Crippen LogP contribution < -0.4 is 20.1 Å². The van der Waals surface area contributed by atoms with Crippen LogP contribution in [-0.2, 0) is 11.4 Å². The van der Waals surface area contributed by atoms with Gasteiger partial charge >= 0.3 is 0 Å². The Hall–Kier alpha value is -3.65. The molecule has 0 atom stereocenters. The minimum absolute atomic E-state index is 0.270. The summed E-state index contributed by atoms with van der Waals surface area (Å²) in [7, 11) is 1.66. The van der Waals surface area contributed by atoms with Crippen LogP contribution in [0.25, 0.3) is 11.4 Å². The lowest BCUT2D eigenvalue weighted by Gasteiger charge is -2.36. The largest absolute Gasteiger partial charge is 0.497 e. The molecule has 0 spiro atoms. The van der Waals surface area contributed by atoms with E-state index in [1.54, 1.807) is 7.11 Å². The van der Waals surface area contributed by atoms with E-state index in [0.717, 1.165) is 71.4 Å². The Morgan fingerprint density at radius 3 is 2.37 bits per heavy atom. The number of piperazine rings is 1. The maximum Gasteiger partial charge on any atom is 0.231 e. The molecule has 202 valence electrons. The summed E-state index contributed by atoms with van der Waals surface area (Å²) >= 11 is 0. The van der Waals surface area contributed by atoms with Crippen LogP contribution >= 0.6 is 0 Å². The van der Waals surface area contributed by atoms with Gasteiger partial charge in [0.25, 0.3) is 0 Å². The van der Waals surface area contributed by atoms with Gasteiger partial charge in [-0.05, 0) is 61.6 Å². The second-order valence-electron chi connectivity index (χ2n) is 10.3. The van der Waals surface area contributed by atoms with Gasteiger partial charge in [0.2, 0.25) is 5.91 Å². The highest BCUT2D eigenvalue weighted by Gasteiger charge is 2.24. The third kappa shape index (κ3) is 6.25. The van der Waals surface area contributed by atoms with Gasteiger partial charge in [-0.3, -0.25) is 9.69 Å². The van der Waals surface area contributed by atoms with E-state index in [1.165, 1.54) is 5.56 Å². The van der Waals surface area contributed by atoms with E-state index in [4.69, 9.17) is 25.2 Å². The van der Waals surface area contributed by atoms with E-state index in [2.05, 4.69) is 55.7 Å². The zero-order valence-electron chi connectivity index (χ0n) is 23.4. The van der Waals surface area contributed by atoms with Crippen LogP contribution in [0, 0.1) is 20.8 Å². The van der Waals surface area contributed by atoms with Crippen molar-refractivity contribution in [3.05, 3.63) is 64.3 Å². The molecule has 1 aromatic heterocycles. The Morgan fingerprint density at radius 2 is 1.71 bits per heavy atom. The predicted octanol–water partition coefficient (Wildman–Crippen LogP) is 4.39. The van der Waals surface area contributed by atoms with E-state index in [1.807, 2.05) is 25.1 Å². The van der Waals surface area contributed by atoms with Gasteiger partial charge in [-0.25, -0.2) is 9.97 Å². The van der Waals surface area contributed by atoms with Crippen molar-refractivity contribution in [2.75, 3.05) is 44.7 Å². The Labute approximate surface area is 225 Å². The number of ether oxygens (including phenoxy) is 2. The van der Waals surface area contributed by atoms with Crippen LogP contribution in [0.5, 0.6) is 11.5 Å². The smallest absolute Gasteiger partial charge is 0.231 e. The Morgan fingerprint density at radius 1 is 1.00 bits per heavy atom. The Kier molecular flexibility index (Phi) is 8.52. The molecule has 2 N–H and O–H groups in total. The monoisotopic (exact) mass is 517 g/mol. The summed E-state index contributed by atoms with van der Waals surface area (Å²) < 4.78 is 11.9. The SMILES string of the molecule is COc1ccc(C)c(-c2nc(C)c(COc3cc(C(C)C)ccc3C)c(N3CCN(CC(N)=O)CC3)n2)c1. The summed E-state index contributed by atoms with van der Waals surface area (Å²) in [6, 6.07) is 12.4. The lowest BCUT2D eigenvalue weighted by atomic mass is 10.0. The molecule has 1 aliphatic rings. The number of hydrogen-bond donors (Lipinski definition) is 1. The van der Waals surface area contributed by atoms with Crippen molar-refractivity contribution >= 4 is 11.7 Å². The zero-order chi connectivity index (χ0) is 27.4. The first-order valence-corrected chi connectivity index (χ1v) is 13.2. The molecule has 2 aromatic carbocycles. The van der Waals surface area contributed by atoms with Gasteiger partial charge in [-0.2, -0.15) is 0 Å². The third-order valence-corrected chi connectivity index (χ3v) is 7.18. The number of aromatic nitrogens is 2. The molecule has 38 heavy (non-hydrogen) atoms. The molecule has 0 radical (unpaired) electrons. The lowest BCUT2D eigenvalue weighted by Crippen LogP contribution is -2.49. The van der Waals surface area contributed by atoms with Crippen LogP contribution in [0.1, 0.15) is 47.7 Å². The highest BCUT2D eigenvalue weighted by atomic mass is 16.5. The molecular formula is C30H39N5O3. The van der Waals surface area contributed by atoms with E-state index < -0.39 is 0 Å². The normalized spacial score (nSPS) is 14.1. The number of hydrogen-bond acceptors (Lipinski definition) is 7. The van der Waals surface area contributed by atoms with Gasteiger partial charge in [-0.15, -0.1) is 0 Å². The fraction of sp³-hybridized carbons (Fsp3) is 0.433. The van der Waals surface area contributed by atoms with Gasteiger partial charge in [0.15, 0.2) is 5.82 Å². The first kappa shape index (κ1) is 27.4. The third-order valence-electron chi connectivity index (χ3n) is 7.18. The molecule has 0 saturated carbocycles. The van der Waals surface area contributed by atoms with Crippen molar-refractivity contribution in [2.45, 2.75) is 47.1 Å². The van der Waals surface area contributed by atoms with Gasteiger partial charge < -0.3 is 20.1 Å². The molecule has 1 aliphatic heterocycles. The maximum absolute atomic E-state index is 11.4. The summed E-state index contributed by atoms with van der Waals surface area (Å²) in [4.78, 5) is 25.8. The number of anilines is 1. The van der Waals surface area contributed by atoms with Crippen molar-refractivity contribution in [3.63, 3.8) is 0 Å². The lowest BCUT2D eigenvalue weighted by molar-refractivity contribution is -0.119. The number of carbonyl (C=O) groups excluding carboxylic acids is 1. The molecule has 0 aliphatic carbocycles. The van der Waals surface area contributed by atoms with Crippen molar-refractivity contribution in [2.24, 2.45) is 5.73 Å². The minimum Gasteiger partial charge on any atom is -0.497 e. The van der Waals surface area contributed by atoms with Gasteiger partial charge in [0, 0.05) is 31.7 Å². The topological polar surface area (TPSA) is 93.8 Å². The molecule has 1 fully saturated rings. The number of primary amides is 1. The summed E-state index contributed by atoms with van der Waals surface area (Å²) in [5, 5.41) is 0. The van der Waals surface area contributed by atoms with Gasteiger partial charge in [-0.1, -0.05) is 32.0 Å². The standard InChI is InChI=1S/C30H39N5O3/c1-19(2)23-9-7-21(4)27(15-23)38-18-26-22(5)32-29(25-16-24(37-6)10-8-20(25)3)33-30(26)35-13-11-34(12-14-35)17-28(31)36/h7-10,15-16,19H,11-14,17-18H2,1-6H3,(H2,31,36). The van der Waals surface area contributed by atoms with E-state index >= 15 is 0 Å². The number of nitrogens with zero attached hydrogens (tertiary/aromatic N) is 4. The zero-order valence-corrected chi connectivity index (χ0v) is 23.4. The molecule has 1 amide bonds. The number of rotatable bonds is 9. The average molecular weight is 518 g/mol. The number of carbonyl (C=O) groups is 1. The summed E-state index contributed by atoms with van der Waals surface area (Å²) in [6.45, 7) is 14.1. The number of methoxy groups -OCH3 is 1. The fourth-order valence-electron chi connectivity index (χ4n) is 4.72. The number of nitrogens with two attached hydrogens (primary N) is 1. The molecular weight excluding hydrogens is 478 g/mol. The molecule has 8 nitrogen and oxygen atoms in total. The Balaban J connectivity index is 1.70. The minimum atomic E-state index is -0.305. The molecule has 0 unspecified atom stereocenters. The van der Waals surface area contributed by atoms with E-state index in [-0.39, 0.29) is 12.5 Å². The predicted molar refractivity (Wildman–Crippen MR) is 151 cm³/mol. The molecule has 2 heterocycles. The van der Waals surface area contributed by atoms with Crippen molar-refractivity contribution in [1.29, 1.82) is 0 Å². The highest BCUT2D eigenvalue weighted by Crippen LogP contribution is 2.32. The summed E-state index contributed by atoms with van der Waals surface area (Å²) in [6.07, 6.45) is 0. The van der Waals surface area contributed by atoms with Crippen LogP contribution in [0.15, 0.2) is 36.4 Å². The van der Waals surface area contributed by atoms with Crippen molar-refractivity contribution in [3.8, 4) is 22.9 Å². The quantitative estimate of drug-likeness (QED) is 0.450. The maximum atomic E-state index is 11.4. The Bertz CT molecular complexity index is 1300. The summed E-state index contributed by atoms with van der Waals surface area (Å²) in [5.74, 6) is 3.28. The molecule has 0 bridgehead atoms. The van der Waals surface area contributed by atoms with Crippen LogP contribution in [-0.4, -0.2) is 60.6 Å². The molecule has 3 aromatic rings. The fourth-order valence-corrected chi connectivity index (χ4v) is 4.72. The first-order valence-electron chi connectivity index (χ1n) is 13.2.